The number of nitrogens with one attached hydrogen (secondary N) is 2. The van der Waals surface area contributed by atoms with Gasteiger partial charge in [0, 0.05) is 81.0 Å². The number of piperidine rings is 1. The maximum absolute atomic E-state index is 13.3. The molecule has 2 aromatic heterocycles. The number of piperazine rings is 1. The Labute approximate surface area is 257 Å². The SMILES string of the molecule is COc1cc(N2CCC(N3CCN(C)CC3)CC2)c(C)cc1Nc1nsc(Nc2ccc3nccnc3c2P(C)(C)=O)n1. The van der Waals surface area contributed by atoms with Crippen molar-refractivity contribution in [1.29, 1.82) is 0 Å². The van der Waals surface area contributed by atoms with Gasteiger partial charge in [-0.25, -0.2) is 0 Å². The van der Waals surface area contributed by atoms with Crippen molar-refractivity contribution in [3.05, 3.63) is 42.2 Å². The zero-order valence-corrected chi connectivity index (χ0v) is 27.2. The minimum Gasteiger partial charge on any atom is -0.494 e. The van der Waals surface area contributed by atoms with Crippen LogP contribution in [-0.2, 0) is 4.57 Å². The van der Waals surface area contributed by atoms with E-state index >= 15 is 0 Å². The summed E-state index contributed by atoms with van der Waals surface area (Å²) in [5.74, 6) is 1.21. The van der Waals surface area contributed by atoms with Crippen LogP contribution >= 0.6 is 18.7 Å². The number of fused-ring (bicyclic) bond motifs is 1. The molecule has 6 rings (SSSR count). The van der Waals surface area contributed by atoms with E-state index in [-0.39, 0.29) is 0 Å². The second kappa shape index (κ2) is 12.4. The number of nitrogens with zero attached hydrogens (tertiary/aromatic N) is 7. The number of anilines is 5. The van der Waals surface area contributed by atoms with Gasteiger partial charge in [0.05, 0.1) is 29.3 Å². The van der Waals surface area contributed by atoms with Crippen LogP contribution in [0.4, 0.5) is 28.1 Å². The second-order valence-electron chi connectivity index (χ2n) is 11.8. The molecule has 13 heteroatoms. The van der Waals surface area contributed by atoms with Crippen LogP contribution in [0.25, 0.3) is 11.0 Å². The molecule has 2 fully saturated rings. The molecule has 0 aliphatic carbocycles. The molecule has 11 nitrogen and oxygen atoms in total. The van der Waals surface area contributed by atoms with Gasteiger partial charge in [-0.05, 0) is 63.9 Å². The lowest BCUT2D eigenvalue weighted by Gasteiger charge is -2.43. The van der Waals surface area contributed by atoms with E-state index in [1.54, 1.807) is 32.8 Å². The number of benzene rings is 2. The lowest BCUT2D eigenvalue weighted by Crippen LogP contribution is -2.52. The molecule has 0 unspecified atom stereocenters. The molecule has 2 aliphatic heterocycles. The molecule has 2 saturated heterocycles. The highest BCUT2D eigenvalue weighted by atomic mass is 32.1. The Morgan fingerprint density at radius 3 is 2.44 bits per heavy atom. The van der Waals surface area contributed by atoms with Gasteiger partial charge in [0.25, 0.3) is 0 Å². The monoisotopic (exact) mass is 621 g/mol. The minimum atomic E-state index is -2.68. The van der Waals surface area contributed by atoms with E-state index in [4.69, 9.17) is 4.74 Å². The van der Waals surface area contributed by atoms with Crippen molar-refractivity contribution in [1.82, 2.24) is 29.1 Å². The number of aromatic nitrogens is 4. The van der Waals surface area contributed by atoms with Crippen LogP contribution in [0.5, 0.6) is 5.75 Å². The Balaban J connectivity index is 1.16. The summed E-state index contributed by atoms with van der Waals surface area (Å²) in [6, 6.07) is 8.65. The van der Waals surface area contributed by atoms with Crippen molar-refractivity contribution in [3.8, 4) is 5.75 Å². The quantitative estimate of drug-likeness (QED) is 0.266. The predicted molar refractivity (Wildman–Crippen MR) is 177 cm³/mol. The molecule has 43 heavy (non-hydrogen) atoms. The topological polar surface area (TPSA) is 112 Å². The molecule has 4 heterocycles. The highest BCUT2D eigenvalue weighted by Gasteiger charge is 2.28. The van der Waals surface area contributed by atoms with Gasteiger partial charge < -0.3 is 29.7 Å². The van der Waals surface area contributed by atoms with E-state index in [0.29, 0.717) is 39.1 Å². The average molecular weight is 622 g/mol. The maximum Gasteiger partial charge on any atom is 0.241 e. The number of hydrogen-bond acceptors (Lipinski definition) is 12. The van der Waals surface area contributed by atoms with Crippen molar-refractivity contribution in [2.24, 2.45) is 0 Å². The van der Waals surface area contributed by atoms with Crippen LogP contribution in [-0.4, -0.2) is 102 Å². The largest absolute Gasteiger partial charge is 0.494 e. The minimum absolute atomic E-state index is 0.462. The van der Waals surface area contributed by atoms with E-state index in [0.717, 1.165) is 37.6 Å². The molecule has 0 bridgehead atoms. The van der Waals surface area contributed by atoms with E-state index in [9.17, 15) is 4.57 Å². The molecule has 0 radical (unpaired) electrons. The van der Waals surface area contributed by atoms with Crippen LogP contribution in [0.1, 0.15) is 18.4 Å². The Kier molecular flexibility index (Phi) is 8.55. The Bertz CT molecular complexity index is 1640. The second-order valence-corrected chi connectivity index (χ2v) is 15.7. The first kappa shape index (κ1) is 29.7. The average Bonchev–Trinajstić information content (AvgIpc) is 3.43. The Hall–Kier alpha value is -3.31. The lowest BCUT2D eigenvalue weighted by atomic mass is 10.0. The van der Waals surface area contributed by atoms with Gasteiger partial charge in [-0.15, -0.1) is 0 Å². The number of rotatable bonds is 8. The number of methoxy groups -OCH3 is 1. The van der Waals surface area contributed by atoms with Crippen molar-refractivity contribution < 1.29 is 9.30 Å². The summed E-state index contributed by atoms with van der Waals surface area (Å²) < 4.78 is 23.6. The molecule has 4 aromatic rings. The zero-order valence-electron chi connectivity index (χ0n) is 25.5. The summed E-state index contributed by atoms with van der Waals surface area (Å²) in [6.45, 7) is 12.4. The van der Waals surface area contributed by atoms with Crippen LogP contribution in [0.3, 0.4) is 0 Å². The molecule has 2 aliphatic rings. The van der Waals surface area contributed by atoms with Gasteiger partial charge in [-0.3, -0.25) is 14.9 Å². The van der Waals surface area contributed by atoms with E-state index in [1.807, 2.05) is 12.1 Å². The fourth-order valence-electron chi connectivity index (χ4n) is 6.17. The molecule has 2 N–H and O–H groups in total. The summed E-state index contributed by atoms with van der Waals surface area (Å²) in [5.41, 5.74) is 5.23. The highest BCUT2D eigenvalue weighted by molar-refractivity contribution is 7.71. The standard InChI is InChI=1S/C30H40N9O2PS/c1-20-18-24(26(41-3)19-25(20)39-12-8-21(9-13-39)38-16-14-37(2)15-17-38)33-29-35-30(43-36-29)34-23-7-6-22-27(32-11-10-31-22)28(23)42(4,5)40/h6-7,10-11,18-19,21H,8-9,12-17H2,1-5H3,(H2,33,34,35,36). The predicted octanol–water partition coefficient (Wildman–Crippen LogP) is 4.75. The lowest BCUT2D eigenvalue weighted by molar-refractivity contribution is 0.0982. The van der Waals surface area contributed by atoms with Crippen LogP contribution in [0.15, 0.2) is 36.7 Å². The van der Waals surface area contributed by atoms with E-state index in [2.05, 4.69) is 70.8 Å². The summed E-state index contributed by atoms with van der Waals surface area (Å²) in [4.78, 5) is 21.1. The molecule has 0 atom stereocenters. The Morgan fingerprint density at radius 2 is 1.72 bits per heavy atom. The highest BCUT2D eigenvalue weighted by Crippen LogP contribution is 2.41. The van der Waals surface area contributed by atoms with Gasteiger partial charge in [0.15, 0.2) is 0 Å². The molecule has 228 valence electrons. The van der Waals surface area contributed by atoms with Gasteiger partial charge in [-0.1, -0.05) is 0 Å². The fraction of sp³-hybridized carbons (Fsp3) is 0.467. The Morgan fingerprint density at radius 1 is 0.977 bits per heavy atom. The summed E-state index contributed by atoms with van der Waals surface area (Å²) in [7, 11) is 1.22. The van der Waals surface area contributed by atoms with Gasteiger partial charge in [0.2, 0.25) is 11.1 Å². The van der Waals surface area contributed by atoms with Crippen molar-refractivity contribution in [2.75, 3.05) is 82.3 Å². The molecule has 0 saturated carbocycles. The zero-order chi connectivity index (χ0) is 30.1. The van der Waals surface area contributed by atoms with Crippen LogP contribution in [0, 0.1) is 6.92 Å². The first-order valence-electron chi connectivity index (χ1n) is 14.7. The number of likely N-dealkylation sites (N-methyl/N-ethyl adjacent to an activating group) is 1. The van der Waals surface area contributed by atoms with Gasteiger partial charge in [-0.2, -0.15) is 9.36 Å². The number of ether oxygens (including phenoxy) is 1. The first-order valence-corrected chi connectivity index (χ1v) is 18.1. The van der Waals surface area contributed by atoms with Crippen LogP contribution < -0.4 is 25.6 Å². The van der Waals surface area contributed by atoms with Gasteiger partial charge >= 0.3 is 0 Å². The fourth-order valence-corrected chi connectivity index (χ4v) is 8.11. The molecule has 2 aromatic carbocycles. The van der Waals surface area contributed by atoms with Gasteiger partial charge in [0.1, 0.15) is 18.4 Å². The molecule has 0 amide bonds. The van der Waals surface area contributed by atoms with E-state index < -0.39 is 7.14 Å². The summed E-state index contributed by atoms with van der Waals surface area (Å²) in [5, 5.41) is 7.90. The first-order chi connectivity index (χ1) is 20.7. The number of hydrogen-bond donors (Lipinski definition) is 2. The third-order valence-corrected chi connectivity index (χ3v) is 10.6. The van der Waals surface area contributed by atoms with Crippen molar-refractivity contribution in [2.45, 2.75) is 25.8 Å². The third kappa shape index (κ3) is 6.47. The normalized spacial score (nSPS) is 17.4. The molecule has 0 spiro atoms. The maximum atomic E-state index is 13.3. The third-order valence-electron chi connectivity index (χ3n) is 8.44. The summed E-state index contributed by atoms with van der Waals surface area (Å²) in [6.07, 6.45) is 5.62. The van der Waals surface area contributed by atoms with Crippen molar-refractivity contribution in [3.63, 3.8) is 0 Å². The smallest absolute Gasteiger partial charge is 0.241 e. The van der Waals surface area contributed by atoms with Crippen LogP contribution in [0.2, 0.25) is 0 Å². The van der Waals surface area contributed by atoms with Crippen molar-refractivity contribution >= 4 is 63.2 Å². The molecular formula is C30H40N9O2PS. The molecular weight excluding hydrogens is 581 g/mol. The number of aryl methyl sites for hydroxylation is 1. The van der Waals surface area contributed by atoms with E-state index in [1.165, 1.54) is 48.7 Å². The summed E-state index contributed by atoms with van der Waals surface area (Å²) >= 11 is 1.23.